The third-order valence-corrected chi connectivity index (χ3v) is 9.62. The van der Waals surface area contributed by atoms with Crippen LogP contribution < -0.4 is 0 Å². The minimum Gasteiger partial charge on any atom is -0.455 e. The Balaban J connectivity index is 1.39. The van der Waals surface area contributed by atoms with Crippen molar-refractivity contribution in [1.82, 2.24) is 9.55 Å². The molecule has 0 radical (unpaired) electrons. The quantitative estimate of drug-likeness (QED) is 0.205. The van der Waals surface area contributed by atoms with E-state index in [4.69, 9.17) is 4.42 Å². The summed E-state index contributed by atoms with van der Waals surface area (Å²) >= 11 is 0. The number of benzene rings is 7. The molecule has 1 N–H and O–H groups in total. The lowest BCUT2D eigenvalue weighted by Gasteiger charge is -2.20. The van der Waals surface area contributed by atoms with Crippen LogP contribution in [0, 0.1) is 6.92 Å². The minimum absolute atomic E-state index is 0.894. The van der Waals surface area contributed by atoms with Crippen molar-refractivity contribution in [3.05, 3.63) is 151 Å². The standard InChI is InChI=1S/C43H28N2O/c1-26-22-25-36(44-26)33-23-24-35(41-34-18-8-11-21-39(34)46-43(33)41)40-29-14-2-4-16-31(29)42(32-17-5-3-15-30(32)40)45-37-19-9-6-12-27(37)28-13-7-10-20-38(28)45/h2-25,44H,1H3. The number of aromatic amines is 1. The second kappa shape index (κ2) is 9.47. The van der Waals surface area contributed by atoms with Crippen LogP contribution in [0.25, 0.3) is 93.4 Å². The van der Waals surface area contributed by atoms with Crippen LogP contribution in [0.5, 0.6) is 0 Å². The van der Waals surface area contributed by atoms with Crippen LogP contribution in [-0.2, 0) is 0 Å². The number of aromatic nitrogens is 2. The highest BCUT2D eigenvalue weighted by molar-refractivity contribution is 6.26. The zero-order chi connectivity index (χ0) is 30.4. The number of rotatable bonds is 3. The average Bonchev–Trinajstić information content (AvgIpc) is 3.81. The lowest BCUT2D eigenvalue weighted by Crippen LogP contribution is -1.99. The van der Waals surface area contributed by atoms with Crippen molar-refractivity contribution >= 4 is 65.3 Å². The molecule has 0 spiro atoms. The summed E-state index contributed by atoms with van der Waals surface area (Å²) in [6.07, 6.45) is 0. The first-order valence-corrected chi connectivity index (χ1v) is 15.8. The highest BCUT2D eigenvalue weighted by Gasteiger charge is 2.23. The van der Waals surface area contributed by atoms with Crippen LogP contribution in [0.2, 0.25) is 0 Å². The van der Waals surface area contributed by atoms with E-state index in [1.54, 1.807) is 0 Å². The Kier molecular flexibility index (Phi) is 5.20. The number of hydrogen-bond donors (Lipinski definition) is 1. The Morgan fingerprint density at radius 3 is 1.61 bits per heavy atom. The highest BCUT2D eigenvalue weighted by atomic mass is 16.3. The third kappa shape index (κ3) is 3.43. The number of nitrogens with zero attached hydrogens (tertiary/aromatic N) is 1. The van der Waals surface area contributed by atoms with E-state index in [9.17, 15) is 0 Å². The van der Waals surface area contributed by atoms with Gasteiger partial charge in [0.15, 0.2) is 0 Å². The molecule has 0 saturated heterocycles. The smallest absolute Gasteiger partial charge is 0.145 e. The van der Waals surface area contributed by atoms with Gasteiger partial charge in [-0.2, -0.15) is 0 Å². The van der Waals surface area contributed by atoms with E-state index in [0.717, 1.165) is 38.9 Å². The molecule has 3 heteroatoms. The molecule has 0 unspecified atom stereocenters. The summed E-state index contributed by atoms with van der Waals surface area (Å²) in [5.74, 6) is 0. The summed E-state index contributed by atoms with van der Waals surface area (Å²) in [4.78, 5) is 3.54. The first-order chi connectivity index (χ1) is 22.8. The zero-order valence-corrected chi connectivity index (χ0v) is 25.2. The molecule has 10 rings (SSSR count). The van der Waals surface area contributed by atoms with Crippen molar-refractivity contribution < 1.29 is 4.42 Å². The Hall–Kier alpha value is -6.06. The number of H-pyrrole nitrogens is 1. The monoisotopic (exact) mass is 588 g/mol. The SMILES string of the molecule is Cc1ccc(-c2ccc(-c3c4ccccc4c(-n4c5ccccc5c5ccccc54)c4ccccc34)c3c2oc2ccccc23)[nH]1. The normalized spacial score (nSPS) is 12.0. The Bertz CT molecular complexity index is 2720. The van der Waals surface area contributed by atoms with E-state index in [-0.39, 0.29) is 0 Å². The Morgan fingerprint density at radius 2 is 1.00 bits per heavy atom. The molecule has 0 amide bonds. The maximum Gasteiger partial charge on any atom is 0.145 e. The molecule has 0 fully saturated rings. The van der Waals surface area contributed by atoms with Gasteiger partial charge < -0.3 is 14.0 Å². The van der Waals surface area contributed by atoms with E-state index < -0.39 is 0 Å². The molecule has 10 aromatic rings. The fourth-order valence-corrected chi connectivity index (χ4v) is 7.71. The van der Waals surface area contributed by atoms with Gasteiger partial charge in [0.05, 0.1) is 16.7 Å². The van der Waals surface area contributed by atoms with E-state index in [1.165, 1.54) is 60.2 Å². The Morgan fingerprint density at radius 1 is 0.478 bits per heavy atom. The summed E-state index contributed by atoms with van der Waals surface area (Å²) in [5, 5.41) is 9.65. The van der Waals surface area contributed by atoms with Crippen molar-refractivity contribution in [1.29, 1.82) is 0 Å². The summed E-state index contributed by atoms with van der Waals surface area (Å²) in [5.41, 5.74) is 11.1. The van der Waals surface area contributed by atoms with Crippen molar-refractivity contribution in [2.45, 2.75) is 6.92 Å². The van der Waals surface area contributed by atoms with Gasteiger partial charge in [0.1, 0.15) is 11.2 Å². The Labute approximate surface area is 264 Å². The van der Waals surface area contributed by atoms with Crippen LogP contribution in [0.15, 0.2) is 150 Å². The second-order valence-electron chi connectivity index (χ2n) is 12.2. The molecule has 0 bridgehead atoms. The van der Waals surface area contributed by atoms with Crippen LogP contribution in [0.4, 0.5) is 0 Å². The molecule has 3 nitrogen and oxygen atoms in total. The lowest BCUT2D eigenvalue weighted by atomic mass is 9.87. The molecule has 0 aliphatic carbocycles. The van der Waals surface area contributed by atoms with Gasteiger partial charge in [0.2, 0.25) is 0 Å². The van der Waals surface area contributed by atoms with Crippen molar-refractivity contribution in [2.24, 2.45) is 0 Å². The molecule has 0 aliphatic rings. The fourth-order valence-electron chi connectivity index (χ4n) is 7.71. The summed E-state index contributed by atoms with van der Waals surface area (Å²) < 4.78 is 9.16. The number of para-hydroxylation sites is 3. The van der Waals surface area contributed by atoms with Gasteiger partial charge in [0.25, 0.3) is 0 Å². The second-order valence-corrected chi connectivity index (χ2v) is 12.2. The van der Waals surface area contributed by atoms with Crippen LogP contribution in [0.1, 0.15) is 5.69 Å². The van der Waals surface area contributed by atoms with E-state index in [1.807, 2.05) is 6.07 Å². The van der Waals surface area contributed by atoms with Gasteiger partial charge in [-0.1, -0.05) is 109 Å². The van der Waals surface area contributed by atoms with Gasteiger partial charge in [-0.3, -0.25) is 0 Å². The fraction of sp³-hybridized carbons (Fsp3) is 0.0233. The van der Waals surface area contributed by atoms with E-state index in [0.29, 0.717) is 0 Å². The number of nitrogens with one attached hydrogen (secondary N) is 1. The predicted molar refractivity (Wildman–Crippen MR) is 193 cm³/mol. The molecule has 3 aromatic heterocycles. The zero-order valence-electron chi connectivity index (χ0n) is 25.2. The molecule has 0 saturated carbocycles. The molecule has 7 aromatic carbocycles. The first-order valence-electron chi connectivity index (χ1n) is 15.8. The summed E-state index contributed by atoms with van der Waals surface area (Å²) in [7, 11) is 0. The van der Waals surface area contributed by atoms with Crippen LogP contribution in [0.3, 0.4) is 0 Å². The molecular weight excluding hydrogens is 560 g/mol. The number of hydrogen-bond acceptors (Lipinski definition) is 1. The average molecular weight is 589 g/mol. The molecule has 216 valence electrons. The third-order valence-electron chi connectivity index (χ3n) is 9.62. The highest BCUT2D eigenvalue weighted by Crippen LogP contribution is 2.48. The molecule has 0 aliphatic heterocycles. The molecular formula is C43H28N2O. The van der Waals surface area contributed by atoms with Crippen molar-refractivity contribution in [2.75, 3.05) is 0 Å². The molecule has 3 heterocycles. The van der Waals surface area contributed by atoms with Crippen LogP contribution in [-0.4, -0.2) is 9.55 Å². The van der Waals surface area contributed by atoms with Gasteiger partial charge in [-0.25, -0.2) is 0 Å². The first kappa shape index (κ1) is 25.3. The van der Waals surface area contributed by atoms with E-state index in [2.05, 4.69) is 156 Å². The maximum atomic E-state index is 6.69. The minimum atomic E-state index is 0.894. The molecule has 46 heavy (non-hydrogen) atoms. The van der Waals surface area contributed by atoms with Gasteiger partial charge >= 0.3 is 0 Å². The predicted octanol–water partition coefficient (Wildman–Crippen LogP) is 12.0. The van der Waals surface area contributed by atoms with E-state index >= 15 is 0 Å². The van der Waals surface area contributed by atoms with Gasteiger partial charge in [0, 0.05) is 49.3 Å². The number of furan rings is 1. The summed E-state index contributed by atoms with van der Waals surface area (Å²) in [6, 6.07) is 52.5. The van der Waals surface area contributed by atoms with Gasteiger partial charge in [-0.15, -0.1) is 0 Å². The largest absolute Gasteiger partial charge is 0.455 e. The number of fused-ring (bicyclic) bond motifs is 8. The lowest BCUT2D eigenvalue weighted by molar-refractivity contribution is 0.670. The summed E-state index contributed by atoms with van der Waals surface area (Å²) in [6.45, 7) is 2.09. The van der Waals surface area contributed by atoms with Crippen molar-refractivity contribution in [3.8, 4) is 28.1 Å². The van der Waals surface area contributed by atoms with Gasteiger partial charge in [-0.05, 0) is 65.2 Å². The maximum absolute atomic E-state index is 6.69. The topological polar surface area (TPSA) is 33.9 Å². The van der Waals surface area contributed by atoms with Crippen molar-refractivity contribution in [3.63, 3.8) is 0 Å². The number of aryl methyl sites for hydroxylation is 1. The van der Waals surface area contributed by atoms with Crippen LogP contribution >= 0.6 is 0 Å². The molecule has 0 atom stereocenters.